The minimum Gasteiger partial charge on any atom is -0.481 e. The molecular weight excluding hydrogens is 250 g/mol. The first kappa shape index (κ1) is 14.9. The van der Waals surface area contributed by atoms with Crippen LogP contribution in [0.15, 0.2) is 12.3 Å². The average Bonchev–Trinajstić information content (AvgIpc) is 2.35. The lowest BCUT2D eigenvalue weighted by molar-refractivity contribution is -0.385. The number of hydrogen-bond acceptors (Lipinski definition) is 5. The highest BCUT2D eigenvalue weighted by molar-refractivity contribution is 5.70. The molecular formula is C12H17N3O4. The molecule has 0 aromatic carbocycles. The van der Waals surface area contributed by atoms with E-state index in [9.17, 15) is 14.9 Å². The normalized spacial score (nSPS) is 11.9. The van der Waals surface area contributed by atoms with E-state index in [1.807, 2.05) is 6.92 Å². The molecule has 0 fully saturated rings. The Kier molecular flexibility index (Phi) is 5.23. The Labute approximate surface area is 110 Å². The molecule has 7 heteroatoms. The molecule has 0 saturated carbocycles. The van der Waals surface area contributed by atoms with Crippen LogP contribution in [0.5, 0.6) is 0 Å². The molecule has 0 aliphatic heterocycles. The minimum atomic E-state index is -0.853. The molecule has 1 unspecified atom stereocenters. The predicted molar refractivity (Wildman–Crippen MR) is 70.2 cm³/mol. The molecule has 0 saturated heterocycles. The van der Waals surface area contributed by atoms with Gasteiger partial charge in [0.05, 0.1) is 10.8 Å². The summed E-state index contributed by atoms with van der Waals surface area (Å²) in [4.78, 5) is 25.0. The average molecular weight is 267 g/mol. The second kappa shape index (κ2) is 6.67. The van der Waals surface area contributed by atoms with Gasteiger partial charge in [-0.15, -0.1) is 0 Å². The summed E-state index contributed by atoms with van der Waals surface area (Å²) in [5, 5.41) is 22.5. The van der Waals surface area contributed by atoms with Crippen LogP contribution in [0.25, 0.3) is 0 Å². The Morgan fingerprint density at radius 3 is 2.79 bits per heavy atom. The van der Waals surface area contributed by atoms with Crippen LogP contribution in [0.4, 0.5) is 11.5 Å². The third-order valence-electron chi connectivity index (χ3n) is 2.78. The van der Waals surface area contributed by atoms with Crippen molar-refractivity contribution < 1.29 is 14.8 Å². The third-order valence-corrected chi connectivity index (χ3v) is 2.78. The lowest BCUT2D eigenvalue weighted by Crippen LogP contribution is -2.23. The number of nitro groups is 1. The molecule has 1 heterocycles. The van der Waals surface area contributed by atoms with Crippen molar-refractivity contribution in [3.05, 3.63) is 27.9 Å². The molecule has 1 aromatic rings. The van der Waals surface area contributed by atoms with Crippen LogP contribution >= 0.6 is 0 Å². The summed E-state index contributed by atoms with van der Waals surface area (Å²) in [5.41, 5.74) is 0.543. The third kappa shape index (κ3) is 4.20. The first-order valence-corrected chi connectivity index (χ1v) is 6.03. The van der Waals surface area contributed by atoms with Gasteiger partial charge in [-0.05, 0) is 18.9 Å². The summed E-state index contributed by atoms with van der Waals surface area (Å²) in [5.74, 6) is -0.858. The van der Waals surface area contributed by atoms with E-state index in [-0.39, 0.29) is 12.2 Å². The van der Waals surface area contributed by atoms with Gasteiger partial charge in [0.25, 0.3) is 5.69 Å². The van der Waals surface area contributed by atoms with Gasteiger partial charge in [-0.1, -0.05) is 13.3 Å². The van der Waals surface area contributed by atoms with Gasteiger partial charge >= 0.3 is 5.97 Å². The topological polar surface area (TPSA) is 105 Å². The quantitative estimate of drug-likeness (QED) is 0.579. The maximum Gasteiger partial charge on any atom is 0.308 e. The van der Waals surface area contributed by atoms with Gasteiger partial charge in [-0.2, -0.15) is 0 Å². The molecule has 1 atom stereocenters. The van der Waals surface area contributed by atoms with Crippen molar-refractivity contribution in [2.24, 2.45) is 5.92 Å². The van der Waals surface area contributed by atoms with Crippen LogP contribution < -0.4 is 5.32 Å². The highest BCUT2D eigenvalue weighted by Crippen LogP contribution is 2.18. The Morgan fingerprint density at radius 1 is 1.63 bits per heavy atom. The van der Waals surface area contributed by atoms with Crippen molar-refractivity contribution in [1.29, 1.82) is 0 Å². The first-order valence-electron chi connectivity index (χ1n) is 6.03. The number of carboxylic acids is 1. The number of aliphatic carboxylic acids is 1. The Hall–Kier alpha value is -2.18. The van der Waals surface area contributed by atoms with Gasteiger partial charge in [0, 0.05) is 12.6 Å². The smallest absolute Gasteiger partial charge is 0.308 e. The first-order chi connectivity index (χ1) is 8.95. The van der Waals surface area contributed by atoms with Crippen LogP contribution in [0.1, 0.15) is 25.3 Å². The SMILES string of the molecule is CCCC(CNc1ncc([N+](=O)[O-])cc1C)C(=O)O. The maximum atomic E-state index is 11.0. The van der Waals surface area contributed by atoms with Crippen molar-refractivity contribution >= 4 is 17.5 Å². The van der Waals surface area contributed by atoms with Gasteiger partial charge in [0.2, 0.25) is 0 Å². The van der Waals surface area contributed by atoms with Crippen LogP contribution in [0.3, 0.4) is 0 Å². The number of nitrogens with one attached hydrogen (secondary N) is 1. The van der Waals surface area contributed by atoms with E-state index < -0.39 is 16.8 Å². The monoisotopic (exact) mass is 267 g/mol. The number of carbonyl (C=O) groups is 1. The number of carboxylic acid groups (broad SMARTS) is 1. The van der Waals surface area contributed by atoms with Gasteiger partial charge in [0.15, 0.2) is 0 Å². The van der Waals surface area contributed by atoms with Crippen molar-refractivity contribution in [1.82, 2.24) is 4.98 Å². The molecule has 0 bridgehead atoms. The molecule has 104 valence electrons. The van der Waals surface area contributed by atoms with Gasteiger partial charge < -0.3 is 10.4 Å². The van der Waals surface area contributed by atoms with Crippen LogP contribution in [-0.4, -0.2) is 27.5 Å². The molecule has 19 heavy (non-hydrogen) atoms. The summed E-state index contributed by atoms with van der Waals surface area (Å²) in [6, 6.07) is 1.41. The van der Waals surface area contributed by atoms with E-state index in [0.717, 1.165) is 12.6 Å². The lowest BCUT2D eigenvalue weighted by Gasteiger charge is -2.13. The largest absolute Gasteiger partial charge is 0.481 e. The highest BCUT2D eigenvalue weighted by atomic mass is 16.6. The van der Waals surface area contributed by atoms with Crippen molar-refractivity contribution in [2.45, 2.75) is 26.7 Å². The van der Waals surface area contributed by atoms with E-state index in [0.29, 0.717) is 17.8 Å². The second-order valence-electron chi connectivity index (χ2n) is 4.32. The van der Waals surface area contributed by atoms with Gasteiger partial charge in [0.1, 0.15) is 12.0 Å². The summed E-state index contributed by atoms with van der Waals surface area (Å²) < 4.78 is 0. The lowest BCUT2D eigenvalue weighted by atomic mass is 10.0. The fourth-order valence-corrected chi connectivity index (χ4v) is 1.73. The van der Waals surface area contributed by atoms with Crippen LogP contribution in [0, 0.1) is 23.0 Å². The van der Waals surface area contributed by atoms with Crippen molar-refractivity contribution in [3.8, 4) is 0 Å². The second-order valence-corrected chi connectivity index (χ2v) is 4.32. The highest BCUT2D eigenvalue weighted by Gasteiger charge is 2.17. The standard InChI is InChI=1S/C12H17N3O4/c1-3-4-9(12(16)17)6-13-11-8(2)5-10(7-14-11)15(18)19/h5,7,9H,3-4,6H2,1-2H3,(H,13,14)(H,16,17). The Balaban J connectivity index is 2.72. The molecule has 7 nitrogen and oxygen atoms in total. The van der Waals surface area contributed by atoms with E-state index in [4.69, 9.17) is 5.11 Å². The molecule has 0 aliphatic carbocycles. The number of aromatic nitrogens is 1. The number of nitrogens with zero attached hydrogens (tertiary/aromatic N) is 2. The zero-order chi connectivity index (χ0) is 14.4. The number of hydrogen-bond donors (Lipinski definition) is 2. The molecule has 0 spiro atoms. The molecule has 1 rings (SSSR count). The fourth-order valence-electron chi connectivity index (χ4n) is 1.73. The summed E-state index contributed by atoms with van der Waals surface area (Å²) in [6.45, 7) is 3.87. The van der Waals surface area contributed by atoms with Crippen molar-refractivity contribution in [3.63, 3.8) is 0 Å². The number of anilines is 1. The van der Waals surface area contributed by atoms with E-state index >= 15 is 0 Å². The van der Waals surface area contributed by atoms with Crippen LogP contribution in [-0.2, 0) is 4.79 Å². The molecule has 0 amide bonds. The van der Waals surface area contributed by atoms with E-state index in [2.05, 4.69) is 10.3 Å². The van der Waals surface area contributed by atoms with Crippen molar-refractivity contribution in [2.75, 3.05) is 11.9 Å². The number of pyridine rings is 1. The number of aryl methyl sites for hydroxylation is 1. The zero-order valence-corrected chi connectivity index (χ0v) is 10.9. The number of rotatable bonds is 7. The Morgan fingerprint density at radius 2 is 2.32 bits per heavy atom. The van der Waals surface area contributed by atoms with E-state index in [1.165, 1.54) is 6.07 Å². The zero-order valence-electron chi connectivity index (χ0n) is 10.9. The summed E-state index contributed by atoms with van der Waals surface area (Å²) in [7, 11) is 0. The minimum absolute atomic E-state index is 0.0774. The molecule has 2 N–H and O–H groups in total. The molecule has 1 aromatic heterocycles. The molecule has 0 aliphatic rings. The maximum absolute atomic E-state index is 11.0. The van der Waals surface area contributed by atoms with Gasteiger partial charge in [-0.25, -0.2) is 4.98 Å². The molecule has 0 radical (unpaired) electrons. The van der Waals surface area contributed by atoms with Crippen LogP contribution in [0.2, 0.25) is 0 Å². The van der Waals surface area contributed by atoms with E-state index in [1.54, 1.807) is 6.92 Å². The summed E-state index contributed by atoms with van der Waals surface area (Å²) >= 11 is 0. The fraction of sp³-hybridized carbons (Fsp3) is 0.500. The summed E-state index contributed by atoms with van der Waals surface area (Å²) in [6.07, 6.45) is 2.52. The Bertz CT molecular complexity index is 476. The predicted octanol–water partition coefficient (Wildman–Crippen LogP) is 2.21. The van der Waals surface area contributed by atoms with Gasteiger partial charge in [-0.3, -0.25) is 14.9 Å².